The van der Waals surface area contributed by atoms with Gasteiger partial charge in [0.1, 0.15) is 0 Å². The summed E-state index contributed by atoms with van der Waals surface area (Å²) in [6.45, 7) is 4.02. The zero-order chi connectivity index (χ0) is 20.4. The summed E-state index contributed by atoms with van der Waals surface area (Å²) in [5.41, 5.74) is 1.92. The van der Waals surface area contributed by atoms with Crippen LogP contribution in [0.15, 0.2) is 24.3 Å². The molecule has 28 heavy (non-hydrogen) atoms. The number of ether oxygens (including phenoxy) is 1. The van der Waals surface area contributed by atoms with Gasteiger partial charge in [-0.15, -0.1) is 5.10 Å². The smallest absolute Gasteiger partial charge is 0.362 e. The molecule has 10 nitrogen and oxygen atoms in total. The van der Waals surface area contributed by atoms with Gasteiger partial charge in [-0.1, -0.05) is 23.7 Å². The Morgan fingerprint density at radius 2 is 2.04 bits per heavy atom. The molecule has 0 saturated heterocycles. The summed E-state index contributed by atoms with van der Waals surface area (Å²) in [6.07, 6.45) is 0. The zero-order valence-electron chi connectivity index (χ0n) is 15.3. The van der Waals surface area contributed by atoms with Crippen LogP contribution in [-0.4, -0.2) is 37.9 Å². The van der Waals surface area contributed by atoms with Crippen molar-refractivity contribution in [1.29, 1.82) is 0 Å². The number of benzene rings is 1. The Balaban J connectivity index is 1.86. The van der Waals surface area contributed by atoms with E-state index in [4.69, 9.17) is 16.3 Å². The van der Waals surface area contributed by atoms with Gasteiger partial charge in [-0.05, 0) is 31.5 Å². The van der Waals surface area contributed by atoms with Gasteiger partial charge >= 0.3 is 11.6 Å². The van der Waals surface area contributed by atoms with Crippen molar-refractivity contribution in [2.45, 2.75) is 20.4 Å². The molecule has 0 bridgehead atoms. The van der Waals surface area contributed by atoms with Gasteiger partial charge in [-0.2, -0.15) is 5.10 Å². The first-order valence-electron chi connectivity index (χ1n) is 8.18. The van der Waals surface area contributed by atoms with Crippen molar-refractivity contribution < 1.29 is 14.5 Å². The number of halogens is 1. The average molecular weight is 405 g/mol. The molecule has 1 amide bonds. The van der Waals surface area contributed by atoms with Gasteiger partial charge in [0.25, 0.3) is 5.91 Å². The fourth-order valence-electron chi connectivity index (χ4n) is 2.76. The van der Waals surface area contributed by atoms with Crippen LogP contribution in [0.2, 0.25) is 5.02 Å². The van der Waals surface area contributed by atoms with Crippen molar-refractivity contribution in [1.82, 2.24) is 20.0 Å². The molecule has 0 aliphatic heterocycles. The summed E-state index contributed by atoms with van der Waals surface area (Å²) in [5, 5.41) is 25.0. The SMILES string of the molecule is COc1n[nH]c(C(=O)Nc2c(C)nn(Cc3ccc(Cl)cc3)c2C)c1[N+](=O)[O-]. The monoisotopic (exact) mass is 404 g/mol. The number of nitrogens with zero attached hydrogens (tertiary/aromatic N) is 4. The zero-order valence-corrected chi connectivity index (χ0v) is 16.1. The number of aromatic nitrogens is 4. The van der Waals surface area contributed by atoms with E-state index in [0.29, 0.717) is 28.6 Å². The summed E-state index contributed by atoms with van der Waals surface area (Å²) in [6, 6.07) is 7.35. The lowest BCUT2D eigenvalue weighted by molar-refractivity contribution is -0.386. The Labute approximate surface area is 164 Å². The number of aryl methyl sites for hydroxylation is 1. The summed E-state index contributed by atoms with van der Waals surface area (Å²) >= 11 is 5.90. The third kappa shape index (κ3) is 3.67. The maximum atomic E-state index is 12.6. The van der Waals surface area contributed by atoms with Crippen LogP contribution < -0.4 is 10.1 Å². The first-order valence-corrected chi connectivity index (χ1v) is 8.56. The molecule has 0 aliphatic rings. The Bertz CT molecular complexity index is 1040. The van der Waals surface area contributed by atoms with E-state index < -0.39 is 16.5 Å². The van der Waals surface area contributed by atoms with Crippen LogP contribution in [0.4, 0.5) is 11.4 Å². The van der Waals surface area contributed by atoms with Gasteiger partial charge in [0.05, 0.1) is 35.7 Å². The molecule has 1 aromatic carbocycles. The molecule has 0 atom stereocenters. The van der Waals surface area contributed by atoms with Gasteiger partial charge < -0.3 is 10.1 Å². The molecule has 0 aliphatic carbocycles. The lowest BCUT2D eigenvalue weighted by Gasteiger charge is -2.07. The van der Waals surface area contributed by atoms with E-state index in [1.807, 2.05) is 12.1 Å². The molecule has 0 fully saturated rings. The van der Waals surface area contributed by atoms with Crippen molar-refractivity contribution in [3.05, 3.63) is 62.0 Å². The molecule has 11 heteroatoms. The van der Waals surface area contributed by atoms with E-state index >= 15 is 0 Å². The Kier molecular flexibility index (Phi) is 5.32. The van der Waals surface area contributed by atoms with Crippen LogP contribution in [0.3, 0.4) is 0 Å². The normalized spacial score (nSPS) is 10.7. The van der Waals surface area contributed by atoms with Gasteiger partial charge in [-0.3, -0.25) is 24.7 Å². The molecule has 0 radical (unpaired) electrons. The highest BCUT2D eigenvalue weighted by Crippen LogP contribution is 2.29. The molecule has 2 heterocycles. The number of nitrogens with one attached hydrogen (secondary N) is 2. The molecular formula is C17H17ClN6O4. The minimum atomic E-state index is -0.721. The predicted octanol–water partition coefficient (Wildman–Crippen LogP) is 3.09. The molecule has 0 saturated carbocycles. The molecule has 3 rings (SSSR count). The van der Waals surface area contributed by atoms with E-state index in [1.165, 1.54) is 7.11 Å². The molecule has 2 N–H and O–H groups in total. The number of aromatic amines is 1. The summed E-state index contributed by atoms with van der Waals surface area (Å²) in [5.74, 6) is -0.971. The fraction of sp³-hybridized carbons (Fsp3) is 0.235. The van der Waals surface area contributed by atoms with E-state index in [2.05, 4.69) is 20.6 Å². The van der Waals surface area contributed by atoms with Crippen LogP contribution in [0.5, 0.6) is 5.88 Å². The maximum absolute atomic E-state index is 12.6. The van der Waals surface area contributed by atoms with Crippen LogP contribution in [0.25, 0.3) is 0 Å². The topological polar surface area (TPSA) is 128 Å². The molecule has 3 aromatic rings. The Morgan fingerprint density at radius 3 is 2.64 bits per heavy atom. The van der Waals surface area contributed by atoms with Crippen molar-refractivity contribution in [2.75, 3.05) is 12.4 Å². The van der Waals surface area contributed by atoms with Gasteiger partial charge in [0, 0.05) is 5.02 Å². The first kappa shape index (κ1) is 19.4. The third-order valence-corrected chi connectivity index (χ3v) is 4.43. The number of anilines is 1. The standard InChI is InChI=1S/C17H17ClN6O4/c1-9-13(10(2)23(22-9)8-11-4-6-12(18)7-5-11)19-16(25)14-15(24(26)27)17(28-3)21-20-14/h4-7H,8H2,1-3H3,(H,19,25)(H,20,21). The largest absolute Gasteiger partial charge is 0.475 e. The van der Waals surface area contributed by atoms with E-state index in [9.17, 15) is 14.9 Å². The second-order valence-electron chi connectivity index (χ2n) is 6.00. The second kappa shape index (κ2) is 7.69. The summed E-state index contributed by atoms with van der Waals surface area (Å²) in [4.78, 5) is 23.1. The number of nitro groups is 1. The van der Waals surface area contributed by atoms with Crippen LogP contribution >= 0.6 is 11.6 Å². The van der Waals surface area contributed by atoms with E-state index in [0.717, 1.165) is 5.56 Å². The summed E-state index contributed by atoms with van der Waals surface area (Å²) in [7, 11) is 1.24. The number of carbonyl (C=O) groups is 1. The number of hydrogen-bond donors (Lipinski definition) is 2. The number of amides is 1. The van der Waals surface area contributed by atoms with Crippen molar-refractivity contribution in [3.63, 3.8) is 0 Å². The third-order valence-electron chi connectivity index (χ3n) is 4.18. The van der Waals surface area contributed by atoms with Crippen molar-refractivity contribution in [2.24, 2.45) is 0 Å². The first-order chi connectivity index (χ1) is 13.3. The highest BCUT2D eigenvalue weighted by atomic mass is 35.5. The second-order valence-corrected chi connectivity index (χ2v) is 6.43. The van der Waals surface area contributed by atoms with Gasteiger partial charge in [0.15, 0.2) is 0 Å². The maximum Gasteiger partial charge on any atom is 0.362 e. The lowest BCUT2D eigenvalue weighted by Crippen LogP contribution is -2.15. The Morgan fingerprint density at radius 1 is 1.36 bits per heavy atom. The lowest BCUT2D eigenvalue weighted by atomic mass is 10.2. The number of rotatable bonds is 6. The van der Waals surface area contributed by atoms with Crippen LogP contribution in [-0.2, 0) is 6.54 Å². The van der Waals surface area contributed by atoms with Crippen molar-refractivity contribution in [3.8, 4) is 5.88 Å². The van der Waals surface area contributed by atoms with E-state index in [1.54, 1.807) is 30.7 Å². The molecule has 0 unspecified atom stereocenters. The molecule has 0 spiro atoms. The number of H-pyrrole nitrogens is 1. The number of carbonyl (C=O) groups excluding carboxylic acids is 1. The minimum Gasteiger partial charge on any atom is -0.475 e. The molecule has 2 aromatic heterocycles. The van der Waals surface area contributed by atoms with Gasteiger partial charge in [-0.25, -0.2) is 0 Å². The van der Waals surface area contributed by atoms with E-state index in [-0.39, 0.29) is 11.6 Å². The fourth-order valence-corrected chi connectivity index (χ4v) is 2.89. The number of methoxy groups -OCH3 is 1. The minimum absolute atomic E-state index is 0.262. The summed E-state index contributed by atoms with van der Waals surface area (Å²) < 4.78 is 6.56. The van der Waals surface area contributed by atoms with Crippen molar-refractivity contribution >= 4 is 28.9 Å². The Hall–Kier alpha value is -3.40. The molecule has 146 valence electrons. The predicted molar refractivity (Wildman–Crippen MR) is 102 cm³/mol. The molecular weight excluding hydrogens is 388 g/mol. The average Bonchev–Trinajstić information content (AvgIpc) is 3.20. The highest BCUT2D eigenvalue weighted by Gasteiger charge is 2.31. The van der Waals surface area contributed by atoms with Crippen LogP contribution in [0, 0.1) is 24.0 Å². The van der Waals surface area contributed by atoms with Gasteiger partial charge in [0.2, 0.25) is 5.69 Å². The highest BCUT2D eigenvalue weighted by molar-refractivity contribution is 6.30. The number of hydrogen-bond acceptors (Lipinski definition) is 6. The van der Waals surface area contributed by atoms with Crippen LogP contribution in [0.1, 0.15) is 27.4 Å². The quantitative estimate of drug-likeness (QED) is 0.480.